The van der Waals surface area contributed by atoms with Crippen LogP contribution in [0.4, 0.5) is 5.00 Å². The minimum absolute atomic E-state index is 0.304. The van der Waals surface area contributed by atoms with Crippen molar-refractivity contribution < 1.29 is 19.1 Å². The molecule has 2 fully saturated rings. The molecule has 0 aromatic carbocycles. The fourth-order valence-corrected chi connectivity index (χ4v) is 6.27. The number of nitrogens with one attached hydrogen (secondary N) is 1. The van der Waals surface area contributed by atoms with E-state index in [9.17, 15) is 14.4 Å². The quantitative estimate of drug-likeness (QED) is 0.746. The van der Waals surface area contributed by atoms with Crippen LogP contribution < -0.4 is 11.1 Å². The average molecular weight is 376 g/mol. The van der Waals surface area contributed by atoms with E-state index in [-0.39, 0.29) is 12.6 Å². The first-order valence-corrected chi connectivity index (χ1v) is 10.2. The van der Waals surface area contributed by atoms with E-state index in [4.69, 9.17) is 10.5 Å². The summed E-state index contributed by atoms with van der Waals surface area (Å²) in [6.07, 6.45) is 8.04. The Morgan fingerprint density at radius 1 is 1.19 bits per heavy atom. The first kappa shape index (κ1) is 17.5. The summed E-state index contributed by atoms with van der Waals surface area (Å²) in [6, 6.07) is 0. The van der Waals surface area contributed by atoms with Crippen LogP contribution in [0.25, 0.3) is 0 Å². The second kappa shape index (κ2) is 7.02. The minimum atomic E-state index is -0.520. The van der Waals surface area contributed by atoms with Gasteiger partial charge in [-0.3, -0.25) is 14.4 Å². The van der Waals surface area contributed by atoms with E-state index < -0.39 is 11.8 Å². The van der Waals surface area contributed by atoms with Gasteiger partial charge in [0.05, 0.1) is 5.56 Å². The number of carbonyl (C=O) groups is 3. The van der Waals surface area contributed by atoms with Crippen LogP contribution in [0, 0.1) is 17.8 Å². The van der Waals surface area contributed by atoms with E-state index in [1.54, 1.807) is 0 Å². The van der Waals surface area contributed by atoms with Crippen LogP contribution in [0.3, 0.4) is 0 Å². The second-order valence-electron chi connectivity index (χ2n) is 7.77. The van der Waals surface area contributed by atoms with Crippen molar-refractivity contribution in [2.24, 2.45) is 23.5 Å². The molecule has 7 heteroatoms. The van der Waals surface area contributed by atoms with E-state index >= 15 is 0 Å². The number of hydrogen-bond donors (Lipinski definition) is 2. The summed E-state index contributed by atoms with van der Waals surface area (Å²) in [5.41, 5.74) is 6.87. The van der Waals surface area contributed by atoms with Crippen molar-refractivity contribution in [1.82, 2.24) is 0 Å². The Bertz CT molecular complexity index is 757. The highest BCUT2D eigenvalue weighted by Gasteiger charge is 2.40. The van der Waals surface area contributed by atoms with E-state index in [0.29, 0.717) is 28.8 Å². The molecule has 6 nitrogen and oxygen atoms in total. The molecule has 2 amide bonds. The molecule has 3 aliphatic carbocycles. The molecule has 4 rings (SSSR count). The standard InChI is InChI=1S/C19H24N2O4S/c20-18(24)17-13-2-1-3-14(13)26-19(17)21-15(22)9-25-16(23)8-12-7-10-4-5-11(12)6-10/h10-12H,1-9H2,(H2,20,24)(H,21,22)/t10-,11-,12+/m0/s1. The molecule has 3 atom stereocenters. The van der Waals surface area contributed by atoms with Crippen molar-refractivity contribution in [2.45, 2.75) is 51.4 Å². The van der Waals surface area contributed by atoms with Crippen LogP contribution in [0.5, 0.6) is 0 Å². The Kier molecular flexibility index (Phi) is 4.73. The summed E-state index contributed by atoms with van der Waals surface area (Å²) in [5.74, 6) is 0.622. The number of hydrogen-bond acceptors (Lipinski definition) is 5. The number of anilines is 1. The van der Waals surface area contributed by atoms with E-state index in [2.05, 4.69) is 5.32 Å². The topological polar surface area (TPSA) is 98.5 Å². The summed E-state index contributed by atoms with van der Waals surface area (Å²) < 4.78 is 5.16. The molecule has 26 heavy (non-hydrogen) atoms. The van der Waals surface area contributed by atoms with Gasteiger partial charge >= 0.3 is 5.97 Å². The lowest BCUT2D eigenvalue weighted by Crippen LogP contribution is -2.24. The molecule has 2 saturated carbocycles. The molecule has 140 valence electrons. The first-order chi connectivity index (χ1) is 12.5. The van der Waals surface area contributed by atoms with Gasteiger partial charge in [0.2, 0.25) is 0 Å². The lowest BCUT2D eigenvalue weighted by Gasteiger charge is -2.20. The minimum Gasteiger partial charge on any atom is -0.456 e. The molecule has 0 unspecified atom stereocenters. The van der Waals surface area contributed by atoms with E-state index in [1.807, 2.05) is 0 Å². The third-order valence-electron chi connectivity index (χ3n) is 6.10. The summed E-state index contributed by atoms with van der Waals surface area (Å²) in [4.78, 5) is 37.0. The maximum Gasteiger partial charge on any atom is 0.306 e. The Labute approximate surface area is 156 Å². The van der Waals surface area contributed by atoms with Gasteiger partial charge in [-0.15, -0.1) is 11.3 Å². The van der Waals surface area contributed by atoms with Crippen LogP contribution in [-0.2, 0) is 27.2 Å². The Morgan fingerprint density at radius 2 is 2.04 bits per heavy atom. The number of aryl methyl sites for hydroxylation is 1. The molecule has 0 saturated heterocycles. The van der Waals surface area contributed by atoms with Crippen LogP contribution in [-0.4, -0.2) is 24.4 Å². The van der Waals surface area contributed by atoms with Gasteiger partial charge in [-0.05, 0) is 61.8 Å². The largest absolute Gasteiger partial charge is 0.456 e. The zero-order valence-corrected chi connectivity index (χ0v) is 15.5. The molecule has 0 spiro atoms. The molecule has 0 aliphatic heterocycles. The number of esters is 1. The summed E-state index contributed by atoms with van der Waals surface area (Å²) >= 11 is 1.40. The number of thiophene rings is 1. The third kappa shape index (κ3) is 3.37. The van der Waals surface area contributed by atoms with E-state index in [0.717, 1.165) is 42.0 Å². The zero-order chi connectivity index (χ0) is 18.3. The average Bonchev–Trinajstić information content (AvgIpc) is 3.32. The summed E-state index contributed by atoms with van der Waals surface area (Å²) in [7, 11) is 0. The zero-order valence-electron chi connectivity index (χ0n) is 14.7. The van der Waals surface area contributed by atoms with Gasteiger partial charge in [0, 0.05) is 11.3 Å². The lowest BCUT2D eigenvalue weighted by molar-refractivity contribution is -0.148. The molecule has 3 N–H and O–H groups in total. The van der Waals surface area contributed by atoms with Crippen molar-refractivity contribution in [2.75, 3.05) is 11.9 Å². The lowest BCUT2D eigenvalue weighted by atomic mass is 9.86. The van der Waals surface area contributed by atoms with Gasteiger partial charge in [-0.2, -0.15) is 0 Å². The van der Waals surface area contributed by atoms with Crippen LogP contribution in [0.1, 0.15) is 59.3 Å². The fourth-order valence-electron chi connectivity index (χ4n) is 4.96. The Balaban J connectivity index is 1.29. The Morgan fingerprint density at radius 3 is 2.73 bits per heavy atom. The molecular weight excluding hydrogens is 352 g/mol. The monoisotopic (exact) mass is 376 g/mol. The number of amides is 2. The van der Waals surface area contributed by atoms with E-state index in [1.165, 1.54) is 30.6 Å². The van der Waals surface area contributed by atoms with Gasteiger partial charge in [0.15, 0.2) is 6.61 Å². The number of primary amides is 1. The predicted molar refractivity (Wildman–Crippen MR) is 98.0 cm³/mol. The molecule has 0 radical (unpaired) electrons. The van der Waals surface area contributed by atoms with Gasteiger partial charge in [-0.25, -0.2) is 0 Å². The fraction of sp³-hybridized carbons (Fsp3) is 0.632. The molecule has 2 bridgehead atoms. The second-order valence-corrected chi connectivity index (χ2v) is 8.88. The normalized spacial score (nSPS) is 25.9. The van der Waals surface area contributed by atoms with Gasteiger partial charge in [0.1, 0.15) is 5.00 Å². The SMILES string of the molecule is NC(=O)c1c(NC(=O)COC(=O)C[C@H]2C[C@H]3CC[C@H]2C3)sc2c1CCC2. The number of ether oxygens (including phenoxy) is 1. The highest BCUT2D eigenvalue weighted by atomic mass is 32.1. The highest BCUT2D eigenvalue weighted by Crippen LogP contribution is 2.49. The summed E-state index contributed by atoms with van der Waals surface area (Å²) in [6.45, 7) is -0.319. The number of fused-ring (bicyclic) bond motifs is 3. The third-order valence-corrected chi connectivity index (χ3v) is 7.31. The van der Waals surface area contributed by atoms with Crippen molar-refractivity contribution in [3.63, 3.8) is 0 Å². The molecular formula is C19H24N2O4S. The van der Waals surface area contributed by atoms with Crippen molar-refractivity contribution in [3.05, 3.63) is 16.0 Å². The molecule has 3 aliphatic rings. The van der Waals surface area contributed by atoms with Crippen molar-refractivity contribution >= 4 is 34.1 Å². The predicted octanol–water partition coefficient (Wildman–Crippen LogP) is 2.64. The van der Waals surface area contributed by atoms with Crippen molar-refractivity contribution in [3.8, 4) is 0 Å². The Hall–Kier alpha value is -1.89. The van der Waals surface area contributed by atoms with Gasteiger partial charge in [-0.1, -0.05) is 6.42 Å². The maximum absolute atomic E-state index is 12.1. The molecule has 1 heterocycles. The van der Waals surface area contributed by atoms with Gasteiger partial charge in [0.25, 0.3) is 11.8 Å². The molecule has 1 aromatic rings. The molecule has 1 aromatic heterocycles. The van der Waals surface area contributed by atoms with Crippen LogP contribution >= 0.6 is 11.3 Å². The highest BCUT2D eigenvalue weighted by molar-refractivity contribution is 7.17. The smallest absolute Gasteiger partial charge is 0.306 e. The number of carbonyl (C=O) groups excluding carboxylic acids is 3. The van der Waals surface area contributed by atoms with Crippen molar-refractivity contribution in [1.29, 1.82) is 0 Å². The van der Waals surface area contributed by atoms with Crippen LogP contribution in [0.15, 0.2) is 0 Å². The first-order valence-electron chi connectivity index (χ1n) is 9.41. The van der Waals surface area contributed by atoms with Crippen LogP contribution in [0.2, 0.25) is 0 Å². The van der Waals surface area contributed by atoms with Gasteiger partial charge < -0.3 is 15.8 Å². The maximum atomic E-state index is 12.1. The number of rotatable bonds is 6. The summed E-state index contributed by atoms with van der Waals surface area (Å²) in [5, 5.41) is 3.18. The number of nitrogens with two attached hydrogens (primary N) is 1.